The van der Waals surface area contributed by atoms with Gasteiger partial charge in [-0.3, -0.25) is 9.59 Å². The van der Waals surface area contributed by atoms with Crippen molar-refractivity contribution in [3.05, 3.63) is 18.2 Å². The number of methoxy groups -OCH3 is 1. The fourth-order valence-corrected chi connectivity index (χ4v) is 3.44. The highest BCUT2D eigenvalue weighted by molar-refractivity contribution is 7.18. The first-order valence-electron chi connectivity index (χ1n) is 8.90. The summed E-state index contributed by atoms with van der Waals surface area (Å²) in [6.07, 6.45) is 0.987. The Morgan fingerprint density at radius 3 is 2.86 bits per heavy atom. The lowest BCUT2D eigenvalue weighted by atomic mass is 10.2. The predicted molar refractivity (Wildman–Crippen MR) is 103 cm³/mol. The molecular formula is C18H22N4O5S. The van der Waals surface area contributed by atoms with E-state index in [1.54, 1.807) is 4.90 Å². The third-order valence-electron chi connectivity index (χ3n) is 4.01. The van der Waals surface area contributed by atoms with Crippen LogP contribution in [-0.4, -0.2) is 60.5 Å². The number of carbonyl (C=O) groups excluding carboxylic acids is 2. The molecule has 1 aromatic carbocycles. The smallest absolute Gasteiger partial charge is 0.248 e. The van der Waals surface area contributed by atoms with Crippen molar-refractivity contribution in [2.24, 2.45) is 0 Å². The molecule has 1 N–H and O–H groups in total. The highest BCUT2D eigenvalue weighted by Crippen LogP contribution is 2.37. The van der Waals surface area contributed by atoms with E-state index in [2.05, 4.69) is 15.5 Å². The van der Waals surface area contributed by atoms with Gasteiger partial charge in [0.25, 0.3) is 0 Å². The highest BCUT2D eigenvalue weighted by atomic mass is 32.1. The Morgan fingerprint density at radius 1 is 1.25 bits per heavy atom. The maximum Gasteiger partial charge on any atom is 0.248 e. The zero-order chi connectivity index (χ0) is 19.9. The van der Waals surface area contributed by atoms with Gasteiger partial charge >= 0.3 is 0 Å². The van der Waals surface area contributed by atoms with Crippen LogP contribution < -0.4 is 14.8 Å². The highest BCUT2D eigenvalue weighted by Gasteiger charge is 2.17. The standard InChI is InChI=1S/C18H22N4O5S/c1-3-7-22(16(24)10-25-2)8-6-15(23)19-18-21-20-17(28-18)12-4-5-13-14(9-12)27-11-26-13/h4-5,9H,3,6-8,10-11H2,1-2H3,(H,19,21,23). The van der Waals surface area contributed by atoms with Crippen molar-refractivity contribution >= 4 is 28.3 Å². The molecule has 0 radical (unpaired) electrons. The lowest BCUT2D eigenvalue weighted by Gasteiger charge is -2.21. The van der Waals surface area contributed by atoms with E-state index >= 15 is 0 Å². The Balaban J connectivity index is 1.55. The maximum absolute atomic E-state index is 12.2. The van der Waals surface area contributed by atoms with Crippen LogP contribution in [0.25, 0.3) is 10.6 Å². The summed E-state index contributed by atoms with van der Waals surface area (Å²) in [6.45, 7) is 3.11. The van der Waals surface area contributed by atoms with Crippen LogP contribution in [0.5, 0.6) is 11.5 Å². The second kappa shape index (κ2) is 9.47. The molecule has 9 nitrogen and oxygen atoms in total. The Bertz CT molecular complexity index is 841. The number of ether oxygens (including phenoxy) is 3. The molecule has 2 heterocycles. The molecule has 0 fully saturated rings. The van der Waals surface area contributed by atoms with Gasteiger partial charge in [-0.25, -0.2) is 0 Å². The SMILES string of the molecule is CCCN(CCC(=O)Nc1nnc(-c2ccc3c(c2)OCO3)s1)C(=O)COC. The first kappa shape index (κ1) is 20.0. The van der Waals surface area contributed by atoms with Gasteiger partial charge in [0.05, 0.1) is 0 Å². The summed E-state index contributed by atoms with van der Waals surface area (Å²) in [5, 5.41) is 11.9. The normalized spacial score (nSPS) is 12.1. The van der Waals surface area contributed by atoms with Crippen molar-refractivity contribution in [3.63, 3.8) is 0 Å². The van der Waals surface area contributed by atoms with Crippen LogP contribution in [0.15, 0.2) is 18.2 Å². The molecule has 2 aromatic rings. The topological polar surface area (TPSA) is 103 Å². The number of amides is 2. The minimum absolute atomic E-state index is 0.0108. The van der Waals surface area contributed by atoms with Gasteiger partial charge in [0.2, 0.25) is 23.7 Å². The summed E-state index contributed by atoms with van der Waals surface area (Å²) in [5.74, 6) is 1.01. The van der Waals surface area contributed by atoms with Gasteiger partial charge in [-0.2, -0.15) is 0 Å². The van der Waals surface area contributed by atoms with E-state index < -0.39 is 0 Å². The van der Waals surface area contributed by atoms with Crippen LogP contribution in [-0.2, 0) is 14.3 Å². The third-order valence-corrected chi connectivity index (χ3v) is 4.90. The van der Waals surface area contributed by atoms with Crippen LogP contribution in [0.2, 0.25) is 0 Å². The molecule has 150 valence electrons. The summed E-state index contributed by atoms with van der Waals surface area (Å²) in [6, 6.07) is 5.51. The number of aromatic nitrogens is 2. The monoisotopic (exact) mass is 406 g/mol. The van der Waals surface area contributed by atoms with Crippen molar-refractivity contribution in [1.29, 1.82) is 0 Å². The fourth-order valence-electron chi connectivity index (χ4n) is 2.68. The second-order valence-corrected chi connectivity index (χ2v) is 7.07. The van der Waals surface area contributed by atoms with E-state index in [1.807, 2.05) is 25.1 Å². The van der Waals surface area contributed by atoms with Gasteiger partial charge in [-0.1, -0.05) is 18.3 Å². The molecule has 1 aromatic heterocycles. The minimum atomic E-state index is -0.222. The van der Waals surface area contributed by atoms with Crippen molar-refractivity contribution in [2.45, 2.75) is 19.8 Å². The number of benzene rings is 1. The van der Waals surface area contributed by atoms with Crippen molar-refractivity contribution in [1.82, 2.24) is 15.1 Å². The zero-order valence-corrected chi connectivity index (χ0v) is 16.6. The predicted octanol–water partition coefficient (Wildman–Crippen LogP) is 2.15. The summed E-state index contributed by atoms with van der Waals surface area (Å²) in [5.41, 5.74) is 0.835. The molecule has 10 heteroatoms. The summed E-state index contributed by atoms with van der Waals surface area (Å²) < 4.78 is 15.5. The number of rotatable bonds is 9. The first-order chi connectivity index (χ1) is 13.6. The molecule has 2 amide bonds. The average Bonchev–Trinajstić information content (AvgIpc) is 3.33. The van der Waals surface area contributed by atoms with E-state index in [4.69, 9.17) is 14.2 Å². The molecule has 28 heavy (non-hydrogen) atoms. The number of carbonyl (C=O) groups is 2. The average molecular weight is 406 g/mol. The number of anilines is 1. The summed E-state index contributed by atoms with van der Waals surface area (Å²) in [7, 11) is 1.47. The molecule has 0 saturated heterocycles. The number of hydrogen-bond acceptors (Lipinski definition) is 8. The van der Waals surface area contributed by atoms with Crippen LogP contribution in [0, 0.1) is 0 Å². The Kier molecular flexibility index (Phi) is 6.77. The van der Waals surface area contributed by atoms with Gasteiger partial charge in [0.1, 0.15) is 11.6 Å². The Labute approximate surface area is 166 Å². The Morgan fingerprint density at radius 2 is 2.07 bits per heavy atom. The number of hydrogen-bond donors (Lipinski definition) is 1. The molecule has 3 rings (SSSR count). The largest absolute Gasteiger partial charge is 0.454 e. The van der Waals surface area contributed by atoms with Gasteiger partial charge in [-0.15, -0.1) is 10.2 Å². The first-order valence-corrected chi connectivity index (χ1v) is 9.72. The summed E-state index contributed by atoms with van der Waals surface area (Å²) >= 11 is 1.27. The third kappa shape index (κ3) is 4.96. The van der Waals surface area contributed by atoms with Gasteiger partial charge in [0.15, 0.2) is 11.5 Å². The summed E-state index contributed by atoms with van der Waals surface area (Å²) in [4.78, 5) is 25.8. The molecule has 0 saturated carbocycles. The van der Waals surface area contributed by atoms with Gasteiger partial charge in [0, 0.05) is 32.2 Å². The van der Waals surface area contributed by atoms with Gasteiger partial charge in [-0.05, 0) is 24.6 Å². The van der Waals surface area contributed by atoms with Crippen molar-refractivity contribution < 1.29 is 23.8 Å². The van der Waals surface area contributed by atoms with Crippen molar-refractivity contribution in [3.8, 4) is 22.1 Å². The Hall–Kier alpha value is -2.72. The molecule has 0 bridgehead atoms. The minimum Gasteiger partial charge on any atom is -0.454 e. The molecule has 0 unspecified atom stereocenters. The van der Waals surface area contributed by atoms with Crippen LogP contribution in [0.1, 0.15) is 19.8 Å². The second-order valence-electron chi connectivity index (χ2n) is 6.09. The molecule has 0 spiro atoms. The van der Waals surface area contributed by atoms with Gasteiger partial charge < -0.3 is 24.4 Å². The molecular weight excluding hydrogens is 384 g/mol. The lowest BCUT2D eigenvalue weighted by molar-refractivity contribution is -0.135. The quantitative estimate of drug-likeness (QED) is 0.680. The molecule has 0 atom stereocenters. The maximum atomic E-state index is 12.2. The van der Waals surface area contributed by atoms with E-state index in [0.717, 1.165) is 12.0 Å². The molecule has 0 aliphatic carbocycles. The van der Waals surface area contributed by atoms with Crippen molar-refractivity contribution in [2.75, 3.05) is 38.9 Å². The molecule has 1 aliphatic heterocycles. The van der Waals surface area contributed by atoms with Crippen LogP contribution in [0.4, 0.5) is 5.13 Å². The fraction of sp³-hybridized carbons (Fsp3) is 0.444. The van der Waals surface area contributed by atoms with Crippen LogP contribution in [0.3, 0.4) is 0 Å². The lowest BCUT2D eigenvalue weighted by Crippen LogP contribution is -2.36. The molecule has 1 aliphatic rings. The van der Waals surface area contributed by atoms with E-state index in [1.165, 1.54) is 18.4 Å². The van der Waals surface area contributed by atoms with Crippen LogP contribution >= 0.6 is 11.3 Å². The number of fused-ring (bicyclic) bond motifs is 1. The number of nitrogens with one attached hydrogen (secondary N) is 1. The van der Waals surface area contributed by atoms with E-state index in [0.29, 0.717) is 34.7 Å². The zero-order valence-electron chi connectivity index (χ0n) is 15.8. The number of nitrogens with zero attached hydrogens (tertiary/aromatic N) is 3. The van der Waals surface area contributed by atoms with E-state index in [-0.39, 0.29) is 31.6 Å². The van der Waals surface area contributed by atoms with E-state index in [9.17, 15) is 9.59 Å².